The Labute approximate surface area is 167 Å². The lowest BCUT2D eigenvalue weighted by Gasteiger charge is -2.43. The van der Waals surface area contributed by atoms with Crippen LogP contribution in [0.5, 0.6) is 0 Å². The van der Waals surface area contributed by atoms with Crippen LogP contribution < -0.4 is 34.0 Å². The van der Waals surface area contributed by atoms with E-state index in [0.29, 0.717) is 6.04 Å². The third kappa shape index (κ3) is 4.24. The lowest BCUT2D eigenvalue weighted by molar-refractivity contribution is -0.944. The second kappa shape index (κ2) is 7.90. The number of hydrogen-bond donors (Lipinski definition) is 1. The summed E-state index contributed by atoms with van der Waals surface area (Å²) in [5.41, 5.74) is 4.34. The van der Waals surface area contributed by atoms with Crippen LogP contribution in [0.4, 0.5) is 0 Å². The van der Waals surface area contributed by atoms with Crippen molar-refractivity contribution in [3.05, 3.63) is 35.5 Å². The fourth-order valence-corrected chi connectivity index (χ4v) is 3.93. The molecule has 0 radical (unpaired) electrons. The summed E-state index contributed by atoms with van der Waals surface area (Å²) in [6.07, 6.45) is 2.49. The Hall–Kier alpha value is -0.360. The highest BCUT2D eigenvalue weighted by Crippen LogP contribution is 2.37. The number of quaternary nitrogens is 2. The van der Waals surface area contributed by atoms with Crippen LogP contribution in [0.25, 0.3) is 10.9 Å². The minimum Gasteiger partial charge on any atom is -1.00 e. The molecule has 0 saturated heterocycles. The number of rotatable bonds is 4. The zero-order valence-electron chi connectivity index (χ0n) is 15.6. The number of nitrogens with one attached hydrogen (secondary N) is 1. The molecule has 0 amide bonds. The predicted octanol–water partition coefficient (Wildman–Crippen LogP) is -2.66. The summed E-state index contributed by atoms with van der Waals surface area (Å²) in [4.78, 5) is 3.71. The molecule has 3 rings (SSSR count). The fourth-order valence-electron chi connectivity index (χ4n) is 3.93. The molecule has 2 unspecified atom stereocenters. The second-order valence-electron chi connectivity index (χ2n) is 8.28. The molecule has 1 aromatic carbocycles. The highest BCUT2D eigenvalue weighted by Gasteiger charge is 2.37. The molecule has 1 aromatic heterocycles. The van der Waals surface area contributed by atoms with Gasteiger partial charge in [-0.15, -0.1) is 0 Å². The number of aromatic amines is 1. The zero-order valence-corrected chi connectivity index (χ0v) is 18.7. The lowest BCUT2D eigenvalue weighted by Crippen LogP contribution is -3.00. The SMILES string of the molecule is CC1c2[nH]c3ccccc3c2CC[N+]1(C)CCC[N+](C)(C)C.[Br-].[Br-]. The van der Waals surface area contributed by atoms with Crippen molar-refractivity contribution in [2.45, 2.75) is 25.8 Å². The topological polar surface area (TPSA) is 15.8 Å². The molecule has 5 heteroatoms. The van der Waals surface area contributed by atoms with E-state index in [4.69, 9.17) is 0 Å². The molecule has 24 heavy (non-hydrogen) atoms. The van der Waals surface area contributed by atoms with Gasteiger partial charge >= 0.3 is 0 Å². The quantitative estimate of drug-likeness (QED) is 0.479. The van der Waals surface area contributed by atoms with E-state index >= 15 is 0 Å². The van der Waals surface area contributed by atoms with Crippen LogP contribution in [0, 0.1) is 0 Å². The summed E-state index contributed by atoms with van der Waals surface area (Å²) in [5, 5.41) is 1.43. The zero-order chi connectivity index (χ0) is 16.0. The third-order valence-corrected chi connectivity index (χ3v) is 5.57. The minimum atomic E-state index is 0. The summed E-state index contributed by atoms with van der Waals surface area (Å²) in [5.74, 6) is 0. The summed E-state index contributed by atoms with van der Waals surface area (Å²) in [6.45, 7) is 6.18. The first-order valence-corrected chi connectivity index (χ1v) is 8.54. The van der Waals surface area contributed by atoms with Gasteiger partial charge in [0.15, 0.2) is 0 Å². The summed E-state index contributed by atoms with van der Waals surface area (Å²) in [7, 11) is 9.30. The van der Waals surface area contributed by atoms with Crippen LogP contribution in [0.3, 0.4) is 0 Å². The van der Waals surface area contributed by atoms with Gasteiger partial charge in [-0.25, -0.2) is 0 Å². The first kappa shape index (κ1) is 21.7. The van der Waals surface area contributed by atoms with Gasteiger partial charge in [0, 0.05) is 23.7 Å². The van der Waals surface area contributed by atoms with E-state index in [2.05, 4.69) is 64.4 Å². The number of hydrogen-bond acceptors (Lipinski definition) is 0. The third-order valence-electron chi connectivity index (χ3n) is 5.57. The molecule has 1 aliphatic heterocycles. The van der Waals surface area contributed by atoms with Crippen LogP contribution in [-0.2, 0) is 6.42 Å². The fraction of sp³-hybridized carbons (Fsp3) is 0.579. The second-order valence-corrected chi connectivity index (χ2v) is 8.28. The maximum absolute atomic E-state index is 3.71. The van der Waals surface area contributed by atoms with Crippen molar-refractivity contribution in [2.75, 3.05) is 47.8 Å². The standard InChI is InChI=1S/C19H31N3.2BrH/c1-15-19-17(16-9-6-7-10-18(16)20-19)11-14-22(15,5)13-8-12-21(2,3)4;;/h6-7,9-10,15,20H,8,11-14H2,1-5H3;2*1H/q+2;;/p-2. The molecular formula is C19H31Br2N3. The Morgan fingerprint density at radius 3 is 2.50 bits per heavy atom. The summed E-state index contributed by atoms with van der Waals surface area (Å²) in [6, 6.07) is 9.32. The normalized spacial score (nSPS) is 23.3. The molecule has 0 spiro atoms. The van der Waals surface area contributed by atoms with E-state index in [1.165, 1.54) is 53.6 Å². The van der Waals surface area contributed by atoms with E-state index in [9.17, 15) is 0 Å². The number of likely N-dealkylation sites (N-methyl/N-ethyl adjacent to an activating group) is 1. The average molecular weight is 461 g/mol. The minimum absolute atomic E-state index is 0. The summed E-state index contributed by atoms with van der Waals surface area (Å²) >= 11 is 0. The monoisotopic (exact) mass is 459 g/mol. The van der Waals surface area contributed by atoms with Crippen molar-refractivity contribution < 1.29 is 42.9 Å². The molecule has 0 fully saturated rings. The van der Waals surface area contributed by atoms with Gasteiger partial charge in [0.05, 0.1) is 53.5 Å². The van der Waals surface area contributed by atoms with Gasteiger partial charge in [0.1, 0.15) is 6.04 Å². The first-order chi connectivity index (χ1) is 10.3. The van der Waals surface area contributed by atoms with E-state index in [1.807, 2.05) is 0 Å². The Kier molecular flexibility index (Phi) is 7.13. The predicted molar refractivity (Wildman–Crippen MR) is 93.9 cm³/mol. The molecule has 2 heterocycles. The number of benzene rings is 1. The molecule has 0 saturated carbocycles. The van der Waals surface area contributed by atoms with Gasteiger partial charge in [-0.1, -0.05) is 18.2 Å². The van der Waals surface area contributed by atoms with Crippen molar-refractivity contribution in [2.24, 2.45) is 0 Å². The highest BCUT2D eigenvalue weighted by molar-refractivity contribution is 5.84. The van der Waals surface area contributed by atoms with Gasteiger partial charge in [-0.05, 0) is 18.6 Å². The smallest absolute Gasteiger partial charge is 0.127 e. The molecule has 2 atom stereocenters. The Morgan fingerprint density at radius 1 is 1.17 bits per heavy atom. The molecule has 0 aliphatic carbocycles. The maximum Gasteiger partial charge on any atom is 0.127 e. The Bertz CT molecular complexity index is 675. The van der Waals surface area contributed by atoms with Crippen LogP contribution >= 0.6 is 0 Å². The summed E-state index contributed by atoms with van der Waals surface area (Å²) < 4.78 is 2.23. The number of aromatic nitrogens is 1. The van der Waals surface area contributed by atoms with Gasteiger partial charge in [-0.3, -0.25) is 0 Å². The molecule has 1 N–H and O–H groups in total. The Morgan fingerprint density at radius 2 is 1.83 bits per heavy atom. The van der Waals surface area contributed by atoms with Crippen LogP contribution in [-0.4, -0.2) is 61.8 Å². The van der Waals surface area contributed by atoms with Crippen molar-refractivity contribution in [1.82, 2.24) is 4.98 Å². The van der Waals surface area contributed by atoms with Crippen molar-refractivity contribution in [3.8, 4) is 0 Å². The number of para-hydroxylation sites is 1. The number of fused-ring (bicyclic) bond motifs is 3. The Balaban J connectivity index is 0.00000144. The van der Waals surface area contributed by atoms with E-state index < -0.39 is 0 Å². The number of nitrogens with zero attached hydrogens (tertiary/aromatic N) is 2. The molecule has 0 bridgehead atoms. The van der Waals surface area contributed by atoms with Crippen molar-refractivity contribution in [3.63, 3.8) is 0 Å². The molecule has 3 nitrogen and oxygen atoms in total. The average Bonchev–Trinajstić information content (AvgIpc) is 2.81. The van der Waals surface area contributed by atoms with Crippen molar-refractivity contribution in [1.29, 1.82) is 0 Å². The van der Waals surface area contributed by atoms with Gasteiger partial charge in [0.25, 0.3) is 0 Å². The highest BCUT2D eigenvalue weighted by atomic mass is 79.9. The molecule has 136 valence electrons. The van der Waals surface area contributed by atoms with Gasteiger partial charge in [0.2, 0.25) is 0 Å². The molecule has 1 aliphatic rings. The number of H-pyrrole nitrogens is 1. The molecule has 2 aromatic rings. The van der Waals surface area contributed by atoms with E-state index in [1.54, 1.807) is 5.56 Å². The van der Waals surface area contributed by atoms with Crippen LogP contribution in [0.1, 0.15) is 30.6 Å². The van der Waals surface area contributed by atoms with E-state index in [-0.39, 0.29) is 34.0 Å². The van der Waals surface area contributed by atoms with Crippen LogP contribution in [0.15, 0.2) is 24.3 Å². The maximum atomic E-state index is 3.71. The van der Waals surface area contributed by atoms with Crippen molar-refractivity contribution >= 4 is 10.9 Å². The molecular weight excluding hydrogens is 430 g/mol. The lowest BCUT2D eigenvalue weighted by atomic mass is 9.95. The number of halogens is 2. The van der Waals surface area contributed by atoms with Crippen LogP contribution in [0.2, 0.25) is 0 Å². The first-order valence-electron chi connectivity index (χ1n) is 8.54. The van der Waals surface area contributed by atoms with E-state index in [0.717, 1.165) is 4.48 Å². The largest absolute Gasteiger partial charge is 1.00 e. The van der Waals surface area contributed by atoms with Gasteiger partial charge < -0.3 is 47.9 Å². The van der Waals surface area contributed by atoms with Gasteiger partial charge in [-0.2, -0.15) is 0 Å².